The molecule has 1 saturated heterocycles. The van der Waals surface area contributed by atoms with Crippen LogP contribution in [0.15, 0.2) is 42.5 Å². The van der Waals surface area contributed by atoms with Crippen molar-refractivity contribution < 1.29 is 9.47 Å². The lowest BCUT2D eigenvalue weighted by atomic mass is 10.2. The van der Waals surface area contributed by atoms with E-state index in [9.17, 15) is 0 Å². The minimum Gasteiger partial charge on any atom is -0.497 e. The van der Waals surface area contributed by atoms with Crippen LogP contribution in [-0.2, 0) is 0 Å². The Kier molecular flexibility index (Phi) is 4.33. The predicted octanol–water partition coefficient (Wildman–Crippen LogP) is 4.52. The van der Waals surface area contributed by atoms with Gasteiger partial charge in [0.2, 0.25) is 0 Å². The van der Waals surface area contributed by atoms with E-state index in [4.69, 9.17) is 14.6 Å². The van der Waals surface area contributed by atoms with Gasteiger partial charge in [-0.05, 0) is 42.5 Å². The molecule has 2 aromatic carbocycles. The second-order valence-corrected chi connectivity index (χ2v) is 8.18. The maximum atomic E-state index is 5.42. The van der Waals surface area contributed by atoms with Crippen molar-refractivity contribution in [2.24, 2.45) is 0 Å². The van der Waals surface area contributed by atoms with Gasteiger partial charge >= 0.3 is 0 Å². The van der Waals surface area contributed by atoms with Crippen molar-refractivity contribution in [1.82, 2.24) is 9.78 Å². The van der Waals surface area contributed by atoms with Gasteiger partial charge in [0.1, 0.15) is 11.5 Å². The number of aromatic nitrogens is 2. The number of hydrogen-bond donors (Lipinski definition) is 0. The van der Waals surface area contributed by atoms with Gasteiger partial charge in [0.05, 0.1) is 35.7 Å². The van der Waals surface area contributed by atoms with E-state index in [1.807, 2.05) is 47.8 Å². The molecule has 0 radical (unpaired) electrons. The average molecular weight is 358 g/mol. The summed E-state index contributed by atoms with van der Waals surface area (Å²) < 4.78 is 13.1. The van der Waals surface area contributed by atoms with Gasteiger partial charge in [-0.15, -0.1) is 23.5 Å². The number of rotatable bonds is 4. The SMILES string of the molecule is COc1ccc(-n2nc3ccc(OC)cc3c2C2SCCS2)cc1. The average Bonchev–Trinajstić information content (AvgIpc) is 3.28. The van der Waals surface area contributed by atoms with Crippen LogP contribution in [0.5, 0.6) is 11.5 Å². The van der Waals surface area contributed by atoms with E-state index in [1.54, 1.807) is 14.2 Å². The van der Waals surface area contributed by atoms with E-state index in [1.165, 1.54) is 17.2 Å². The van der Waals surface area contributed by atoms with E-state index < -0.39 is 0 Å². The van der Waals surface area contributed by atoms with Gasteiger partial charge in [0, 0.05) is 16.9 Å². The number of benzene rings is 2. The van der Waals surface area contributed by atoms with Crippen LogP contribution in [0, 0.1) is 0 Å². The fourth-order valence-corrected chi connectivity index (χ4v) is 5.80. The van der Waals surface area contributed by atoms with Crippen molar-refractivity contribution in [3.05, 3.63) is 48.2 Å². The third-order valence-corrected chi connectivity index (χ3v) is 7.08. The zero-order valence-corrected chi connectivity index (χ0v) is 15.2. The Morgan fingerprint density at radius 1 is 0.958 bits per heavy atom. The van der Waals surface area contributed by atoms with Gasteiger partial charge < -0.3 is 9.47 Å². The third kappa shape index (κ3) is 2.74. The van der Waals surface area contributed by atoms with Crippen LogP contribution in [0.1, 0.15) is 10.3 Å². The molecule has 24 heavy (non-hydrogen) atoms. The van der Waals surface area contributed by atoms with Crippen LogP contribution < -0.4 is 9.47 Å². The predicted molar refractivity (Wildman–Crippen MR) is 102 cm³/mol. The van der Waals surface area contributed by atoms with Crippen LogP contribution in [0.25, 0.3) is 16.6 Å². The van der Waals surface area contributed by atoms with Crippen molar-refractivity contribution in [2.75, 3.05) is 25.7 Å². The lowest BCUT2D eigenvalue weighted by Crippen LogP contribution is -2.03. The third-order valence-electron chi connectivity index (χ3n) is 4.08. The maximum absolute atomic E-state index is 5.42. The van der Waals surface area contributed by atoms with Gasteiger partial charge in [0.15, 0.2) is 0 Å². The molecule has 0 N–H and O–H groups in total. The molecule has 0 bridgehead atoms. The normalized spacial score (nSPS) is 15.1. The van der Waals surface area contributed by atoms with E-state index >= 15 is 0 Å². The molecule has 0 amide bonds. The largest absolute Gasteiger partial charge is 0.497 e. The highest BCUT2D eigenvalue weighted by molar-refractivity contribution is 8.19. The van der Waals surface area contributed by atoms with Gasteiger partial charge in [-0.1, -0.05) is 0 Å². The Labute approximate surface area is 149 Å². The molecule has 1 aliphatic rings. The van der Waals surface area contributed by atoms with Crippen LogP contribution >= 0.6 is 23.5 Å². The number of ether oxygens (including phenoxy) is 2. The highest BCUT2D eigenvalue weighted by atomic mass is 32.2. The van der Waals surface area contributed by atoms with Crippen molar-refractivity contribution in [2.45, 2.75) is 4.58 Å². The standard InChI is InChI=1S/C18H18N2O2S2/c1-21-13-5-3-12(4-6-13)20-17(18-23-9-10-24-18)15-11-14(22-2)7-8-16(15)19-20/h3-8,11,18H,9-10H2,1-2H3. The molecule has 0 unspecified atom stereocenters. The van der Waals surface area contributed by atoms with Gasteiger partial charge in [-0.25, -0.2) is 4.68 Å². The molecule has 4 rings (SSSR count). The fraction of sp³-hybridized carbons (Fsp3) is 0.278. The first-order valence-corrected chi connectivity index (χ1v) is 9.84. The topological polar surface area (TPSA) is 36.3 Å². The second kappa shape index (κ2) is 6.61. The minimum atomic E-state index is 0.393. The Hall–Kier alpha value is -1.79. The summed E-state index contributed by atoms with van der Waals surface area (Å²) in [4.78, 5) is 0. The summed E-state index contributed by atoms with van der Waals surface area (Å²) in [6.07, 6.45) is 0. The summed E-state index contributed by atoms with van der Waals surface area (Å²) in [5.74, 6) is 4.07. The van der Waals surface area contributed by atoms with Gasteiger partial charge in [0.25, 0.3) is 0 Å². The number of hydrogen-bond acceptors (Lipinski definition) is 5. The van der Waals surface area contributed by atoms with Crippen molar-refractivity contribution in [1.29, 1.82) is 0 Å². The quantitative estimate of drug-likeness (QED) is 0.685. The summed E-state index contributed by atoms with van der Waals surface area (Å²) in [6, 6.07) is 14.1. The molecule has 4 nitrogen and oxygen atoms in total. The van der Waals surface area contributed by atoms with E-state index in [0.717, 1.165) is 28.1 Å². The molecule has 1 fully saturated rings. The highest BCUT2D eigenvalue weighted by Crippen LogP contribution is 2.48. The van der Waals surface area contributed by atoms with Crippen molar-refractivity contribution in [3.8, 4) is 17.2 Å². The summed E-state index contributed by atoms with van der Waals surface area (Å²) in [7, 11) is 3.38. The lowest BCUT2D eigenvalue weighted by molar-refractivity contribution is 0.414. The molecule has 0 spiro atoms. The summed E-state index contributed by atoms with van der Waals surface area (Å²) in [5, 5.41) is 6.02. The Morgan fingerprint density at radius 2 is 1.62 bits per heavy atom. The Morgan fingerprint density at radius 3 is 2.29 bits per heavy atom. The Balaban J connectivity index is 1.90. The summed E-state index contributed by atoms with van der Waals surface area (Å²) in [6.45, 7) is 0. The smallest absolute Gasteiger partial charge is 0.119 e. The van der Waals surface area contributed by atoms with E-state index in [0.29, 0.717) is 4.58 Å². The van der Waals surface area contributed by atoms with E-state index in [-0.39, 0.29) is 0 Å². The first-order valence-electron chi connectivity index (χ1n) is 7.74. The highest BCUT2D eigenvalue weighted by Gasteiger charge is 2.26. The van der Waals surface area contributed by atoms with Crippen LogP contribution in [0.4, 0.5) is 0 Å². The number of thioether (sulfide) groups is 2. The molecule has 124 valence electrons. The number of nitrogens with zero attached hydrogens (tertiary/aromatic N) is 2. The zero-order valence-electron chi connectivity index (χ0n) is 13.6. The molecule has 6 heteroatoms. The Bertz CT molecular complexity index is 855. The van der Waals surface area contributed by atoms with Crippen molar-refractivity contribution >= 4 is 34.4 Å². The number of fused-ring (bicyclic) bond motifs is 1. The second-order valence-electron chi connectivity index (χ2n) is 5.45. The molecule has 0 saturated carbocycles. The van der Waals surface area contributed by atoms with Crippen LogP contribution in [0.2, 0.25) is 0 Å². The van der Waals surface area contributed by atoms with E-state index in [2.05, 4.69) is 22.9 Å². The monoisotopic (exact) mass is 358 g/mol. The fourth-order valence-electron chi connectivity index (χ4n) is 2.87. The van der Waals surface area contributed by atoms with Gasteiger partial charge in [-0.3, -0.25) is 0 Å². The molecule has 1 aliphatic heterocycles. The zero-order chi connectivity index (χ0) is 16.5. The molecular formula is C18H18N2O2S2. The molecular weight excluding hydrogens is 340 g/mol. The lowest BCUT2D eigenvalue weighted by Gasteiger charge is -2.13. The molecule has 0 aliphatic carbocycles. The summed E-state index contributed by atoms with van der Waals surface area (Å²) >= 11 is 3.96. The minimum absolute atomic E-state index is 0.393. The molecule has 2 heterocycles. The molecule has 3 aromatic rings. The first kappa shape index (κ1) is 15.7. The van der Waals surface area contributed by atoms with Gasteiger partial charge in [-0.2, -0.15) is 5.10 Å². The number of methoxy groups -OCH3 is 2. The van der Waals surface area contributed by atoms with Crippen molar-refractivity contribution in [3.63, 3.8) is 0 Å². The maximum Gasteiger partial charge on any atom is 0.119 e. The first-order chi connectivity index (χ1) is 11.8. The van der Waals surface area contributed by atoms with Crippen LogP contribution in [0.3, 0.4) is 0 Å². The molecule has 0 atom stereocenters. The summed E-state index contributed by atoms with van der Waals surface area (Å²) in [5.41, 5.74) is 3.28. The molecule has 1 aromatic heterocycles. The van der Waals surface area contributed by atoms with Crippen LogP contribution in [-0.4, -0.2) is 35.5 Å².